The molecule has 31 heavy (non-hydrogen) atoms. The van der Waals surface area contributed by atoms with Crippen molar-refractivity contribution in [2.45, 2.75) is 30.2 Å². The lowest BCUT2D eigenvalue weighted by Gasteiger charge is -2.24. The van der Waals surface area contributed by atoms with E-state index in [-0.39, 0.29) is 24.0 Å². The summed E-state index contributed by atoms with van der Waals surface area (Å²) in [5.41, 5.74) is 0.929. The summed E-state index contributed by atoms with van der Waals surface area (Å²) in [6.45, 7) is 0.762. The second kappa shape index (κ2) is 10.4. The van der Waals surface area contributed by atoms with Gasteiger partial charge < -0.3 is 15.4 Å². The zero-order valence-electron chi connectivity index (χ0n) is 17.4. The van der Waals surface area contributed by atoms with E-state index >= 15 is 0 Å². The van der Waals surface area contributed by atoms with Gasteiger partial charge in [-0.25, -0.2) is 8.42 Å². The molecule has 0 aromatic heterocycles. The van der Waals surface area contributed by atoms with Gasteiger partial charge in [0.25, 0.3) is 0 Å². The van der Waals surface area contributed by atoms with Gasteiger partial charge in [-0.1, -0.05) is 36.4 Å². The van der Waals surface area contributed by atoms with Gasteiger partial charge >= 0.3 is 11.8 Å². The van der Waals surface area contributed by atoms with E-state index in [4.69, 9.17) is 4.74 Å². The van der Waals surface area contributed by atoms with Gasteiger partial charge in [-0.15, -0.1) is 0 Å². The number of methoxy groups -OCH3 is 1. The normalized spacial score (nSPS) is 16.6. The van der Waals surface area contributed by atoms with Crippen molar-refractivity contribution < 1.29 is 22.7 Å². The van der Waals surface area contributed by atoms with Crippen molar-refractivity contribution in [2.75, 3.05) is 26.7 Å². The van der Waals surface area contributed by atoms with Crippen molar-refractivity contribution in [3.8, 4) is 5.75 Å². The predicted molar refractivity (Wildman–Crippen MR) is 116 cm³/mol. The molecule has 1 aliphatic rings. The molecule has 0 unspecified atom stereocenters. The van der Waals surface area contributed by atoms with Crippen molar-refractivity contribution in [3.63, 3.8) is 0 Å². The van der Waals surface area contributed by atoms with Gasteiger partial charge in [0, 0.05) is 25.7 Å². The quantitative estimate of drug-likeness (QED) is 0.597. The fourth-order valence-electron chi connectivity index (χ4n) is 3.65. The van der Waals surface area contributed by atoms with Crippen LogP contribution in [0.15, 0.2) is 59.5 Å². The van der Waals surface area contributed by atoms with E-state index in [1.165, 1.54) is 4.31 Å². The van der Waals surface area contributed by atoms with E-state index in [2.05, 4.69) is 10.6 Å². The molecule has 0 bridgehead atoms. The van der Waals surface area contributed by atoms with Crippen LogP contribution < -0.4 is 15.4 Å². The molecule has 0 radical (unpaired) electrons. The Kier molecular flexibility index (Phi) is 7.64. The van der Waals surface area contributed by atoms with Crippen LogP contribution in [-0.2, 0) is 26.0 Å². The number of para-hydroxylation sites is 1. The first-order chi connectivity index (χ1) is 14.9. The largest absolute Gasteiger partial charge is 0.496 e. The molecule has 1 fully saturated rings. The zero-order chi connectivity index (χ0) is 22.3. The molecule has 0 saturated carbocycles. The van der Waals surface area contributed by atoms with Crippen LogP contribution >= 0.6 is 0 Å². The number of nitrogens with zero attached hydrogens (tertiary/aromatic N) is 1. The van der Waals surface area contributed by atoms with Gasteiger partial charge in [0.05, 0.1) is 12.0 Å². The highest BCUT2D eigenvalue weighted by Crippen LogP contribution is 2.25. The maximum absolute atomic E-state index is 12.9. The van der Waals surface area contributed by atoms with E-state index < -0.39 is 21.8 Å². The summed E-state index contributed by atoms with van der Waals surface area (Å²) in [7, 11) is -2.06. The first-order valence-electron chi connectivity index (χ1n) is 10.2. The zero-order valence-corrected chi connectivity index (χ0v) is 18.2. The van der Waals surface area contributed by atoms with Crippen molar-refractivity contribution in [2.24, 2.45) is 0 Å². The Hall–Kier alpha value is -2.91. The summed E-state index contributed by atoms with van der Waals surface area (Å²) in [6.07, 6.45) is 1.86. The van der Waals surface area contributed by atoms with Crippen molar-refractivity contribution >= 4 is 21.8 Å². The van der Waals surface area contributed by atoms with Gasteiger partial charge in [-0.3, -0.25) is 9.59 Å². The highest BCUT2D eigenvalue weighted by molar-refractivity contribution is 7.89. The summed E-state index contributed by atoms with van der Waals surface area (Å²) in [5, 5.41) is 5.15. The molecule has 166 valence electrons. The monoisotopic (exact) mass is 445 g/mol. The predicted octanol–water partition coefficient (Wildman–Crippen LogP) is 1.32. The molecule has 2 amide bonds. The van der Waals surface area contributed by atoms with E-state index in [1.807, 2.05) is 24.3 Å². The van der Waals surface area contributed by atoms with Crippen LogP contribution in [0.5, 0.6) is 5.75 Å². The highest BCUT2D eigenvalue weighted by atomic mass is 32.2. The molecule has 2 aromatic rings. The minimum Gasteiger partial charge on any atom is -0.496 e. The first-order valence-corrected chi connectivity index (χ1v) is 11.6. The number of hydrogen-bond acceptors (Lipinski definition) is 5. The van der Waals surface area contributed by atoms with Gasteiger partial charge in [0.15, 0.2) is 0 Å². The number of rotatable bonds is 8. The van der Waals surface area contributed by atoms with Crippen molar-refractivity contribution in [1.29, 1.82) is 0 Å². The molecule has 1 aliphatic heterocycles. The standard InChI is InChI=1S/C22H27N3O5S/c1-30-20-12-6-5-8-17(20)13-14-23-21(26)22(27)24-16-18-9-7-15-25(18)31(28,29)19-10-3-2-4-11-19/h2-6,8,10-12,18H,7,9,13-16H2,1H3,(H,23,26)(H,24,27)/t18-/m1/s1. The molecule has 2 N–H and O–H groups in total. The van der Waals surface area contributed by atoms with E-state index in [0.717, 1.165) is 11.3 Å². The Morgan fingerprint density at radius 3 is 2.45 bits per heavy atom. The number of carbonyl (C=O) groups excluding carboxylic acids is 2. The number of nitrogens with one attached hydrogen (secondary N) is 2. The number of carbonyl (C=O) groups is 2. The van der Waals surface area contributed by atoms with Crippen molar-refractivity contribution in [3.05, 3.63) is 60.2 Å². The minimum absolute atomic E-state index is 0.0881. The smallest absolute Gasteiger partial charge is 0.309 e. The number of benzene rings is 2. The molecule has 1 heterocycles. The molecule has 8 nitrogen and oxygen atoms in total. The molecule has 1 saturated heterocycles. The lowest BCUT2D eigenvalue weighted by molar-refractivity contribution is -0.139. The molecule has 0 spiro atoms. The van der Waals surface area contributed by atoms with Crippen LogP contribution in [0.3, 0.4) is 0 Å². The van der Waals surface area contributed by atoms with Crippen LogP contribution in [0.1, 0.15) is 18.4 Å². The summed E-state index contributed by atoms with van der Waals surface area (Å²) < 4.78 is 32.4. The number of amides is 2. The van der Waals surface area contributed by atoms with Gasteiger partial charge in [-0.05, 0) is 43.0 Å². The molecule has 9 heteroatoms. The second-order valence-corrected chi connectivity index (χ2v) is 9.14. The Morgan fingerprint density at radius 2 is 1.71 bits per heavy atom. The maximum Gasteiger partial charge on any atom is 0.309 e. The van der Waals surface area contributed by atoms with E-state index in [0.29, 0.717) is 25.8 Å². The van der Waals surface area contributed by atoms with Crippen LogP contribution in [-0.4, -0.2) is 57.3 Å². The molecular weight excluding hydrogens is 418 g/mol. The summed E-state index contributed by atoms with van der Waals surface area (Å²) in [4.78, 5) is 24.5. The third-order valence-electron chi connectivity index (χ3n) is 5.25. The third-order valence-corrected chi connectivity index (χ3v) is 7.22. The number of ether oxygens (including phenoxy) is 1. The van der Waals surface area contributed by atoms with Gasteiger partial charge in [0.2, 0.25) is 10.0 Å². The van der Waals surface area contributed by atoms with Crippen LogP contribution in [0.4, 0.5) is 0 Å². The van der Waals surface area contributed by atoms with Crippen LogP contribution in [0.25, 0.3) is 0 Å². The average Bonchev–Trinajstić information content (AvgIpc) is 3.28. The Labute approximate surface area is 182 Å². The molecule has 0 aliphatic carbocycles. The van der Waals surface area contributed by atoms with Crippen LogP contribution in [0, 0.1) is 0 Å². The number of hydrogen-bond donors (Lipinski definition) is 2. The van der Waals surface area contributed by atoms with E-state index in [9.17, 15) is 18.0 Å². The summed E-state index contributed by atoms with van der Waals surface area (Å²) >= 11 is 0. The lowest BCUT2D eigenvalue weighted by atomic mass is 10.1. The summed E-state index contributed by atoms with van der Waals surface area (Å²) in [5.74, 6) is -0.795. The SMILES string of the molecule is COc1ccccc1CCNC(=O)C(=O)NC[C@H]1CCCN1S(=O)(=O)c1ccccc1. The van der Waals surface area contributed by atoms with Crippen LogP contribution in [0.2, 0.25) is 0 Å². The van der Waals surface area contributed by atoms with Gasteiger partial charge in [-0.2, -0.15) is 4.31 Å². The summed E-state index contributed by atoms with van der Waals surface area (Å²) in [6, 6.07) is 15.3. The maximum atomic E-state index is 12.9. The van der Waals surface area contributed by atoms with Gasteiger partial charge in [0.1, 0.15) is 5.75 Å². The Balaban J connectivity index is 1.49. The highest BCUT2D eigenvalue weighted by Gasteiger charge is 2.35. The lowest BCUT2D eigenvalue weighted by Crippen LogP contribution is -2.47. The molecule has 2 aromatic carbocycles. The van der Waals surface area contributed by atoms with E-state index in [1.54, 1.807) is 37.4 Å². The second-order valence-electron chi connectivity index (χ2n) is 7.25. The molecular formula is C22H27N3O5S. The molecule has 1 atom stereocenters. The Bertz CT molecular complexity index is 1010. The minimum atomic E-state index is -3.64. The fraction of sp³-hybridized carbons (Fsp3) is 0.364. The fourth-order valence-corrected chi connectivity index (χ4v) is 5.36. The average molecular weight is 446 g/mol. The first kappa shape index (κ1) is 22.8. The number of sulfonamides is 1. The molecule has 3 rings (SSSR count). The third kappa shape index (κ3) is 5.62. The van der Waals surface area contributed by atoms with Crippen molar-refractivity contribution in [1.82, 2.24) is 14.9 Å². The Morgan fingerprint density at radius 1 is 1.03 bits per heavy atom. The topological polar surface area (TPSA) is 105 Å².